The van der Waals surface area contributed by atoms with Crippen LogP contribution in [-0.4, -0.2) is 116 Å². The molecular formula is C60H63N8O13PS. The summed E-state index contributed by atoms with van der Waals surface area (Å²) in [6, 6.07) is 20.6. The van der Waals surface area contributed by atoms with Crippen molar-refractivity contribution in [2.45, 2.75) is 115 Å². The number of primary amides is 1. The fourth-order valence-electron chi connectivity index (χ4n) is 11.2. The highest BCUT2D eigenvalue weighted by molar-refractivity contribution is 7.70. The van der Waals surface area contributed by atoms with Gasteiger partial charge >= 0.3 is 7.60 Å². The fourth-order valence-corrected chi connectivity index (χ4v) is 12.6. The summed E-state index contributed by atoms with van der Waals surface area (Å²) in [5, 5.41) is 11.2. The Bertz CT molecular complexity index is 3540. The molecule has 9 amide bonds. The Kier molecular flexibility index (Phi) is 18.2. The van der Waals surface area contributed by atoms with Crippen molar-refractivity contribution < 1.29 is 62.3 Å². The number of hydrogen-bond donors (Lipinski definition) is 7. The molecule has 0 saturated carbocycles. The third-order valence-electron chi connectivity index (χ3n) is 15.5. The molecule has 21 nitrogen and oxygen atoms in total. The Morgan fingerprint density at radius 2 is 1.58 bits per heavy atom. The number of nitrogens with two attached hydrogens (primary N) is 1. The van der Waals surface area contributed by atoms with Crippen LogP contribution >= 0.6 is 18.9 Å². The van der Waals surface area contributed by atoms with Crippen LogP contribution in [0.25, 0.3) is 10.1 Å². The average Bonchev–Trinajstić information content (AvgIpc) is 3.41. The maximum Gasteiger partial charge on any atom is 0.396 e. The van der Waals surface area contributed by atoms with E-state index in [1.165, 1.54) is 34.1 Å². The lowest BCUT2D eigenvalue weighted by atomic mass is 9.91. The largest absolute Gasteiger partial charge is 0.396 e. The number of amides is 9. The molecule has 432 valence electrons. The lowest BCUT2D eigenvalue weighted by Crippen LogP contribution is -2.58. The Morgan fingerprint density at radius 1 is 0.843 bits per heavy atom. The molecule has 4 aliphatic rings. The highest BCUT2D eigenvalue weighted by atomic mass is 32.1. The van der Waals surface area contributed by atoms with Crippen LogP contribution in [0.4, 0.5) is 5.69 Å². The molecular weight excluding hydrogens is 1100 g/mol. The van der Waals surface area contributed by atoms with Crippen LogP contribution in [0, 0.1) is 23.7 Å². The van der Waals surface area contributed by atoms with E-state index < -0.39 is 78.8 Å². The van der Waals surface area contributed by atoms with E-state index in [1.54, 1.807) is 71.6 Å². The number of carbonyl (C=O) groups excluding carboxylic acids is 10. The summed E-state index contributed by atoms with van der Waals surface area (Å²) in [7, 11) is -5.08. The summed E-state index contributed by atoms with van der Waals surface area (Å²) < 4.78 is 12.2. The zero-order valence-electron chi connectivity index (χ0n) is 45.6. The molecule has 23 heteroatoms. The Labute approximate surface area is 482 Å². The van der Waals surface area contributed by atoms with Gasteiger partial charge in [0.15, 0.2) is 0 Å². The first-order valence-electron chi connectivity index (χ1n) is 27.5. The maximum atomic E-state index is 14.9. The van der Waals surface area contributed by atoms with E-state index in [1.807, 2.05) is 19.9 Å². The molecule has 0 aliphatic carbocycles. The average molecular weight is 1170 g/mol. The standard InChI is InChI=1S/C60H63N8O13PS/c1-34(2)29-44(63-56(74)49-32-40-30-39(19-22-48(40)83-49)60(78)82(79,80)81)58(76)68-45-18-9-8-15-38(45)31-47(68)55(73)62-43(20-23-50(61)69)53(71)65-52(37-13-4-3-5-14-37)59(77)66-27-25-35(26-28-66)11-6-7-12-36-16-10-17-41-42(36)33-67(57(41)75)46-21-24-51(70)64-54(46)72/h3-5,8-10,13-19,22,30,32,34-35,43-44,46-47,52H,6,11,20-21,23-29,31,33H2,1-2H3,(H2,61,69)(H,62,73)(H,63,74)(H,65,71)(H,64,70,72)(H2,79,80,81)/t43-,44-,46?,47-,52-/m0/s1. The number of para-hydroxylation sites is 1. The van der Waals surface area contributed by atoms with E-state index in [-0.39, 0.29) is 85.1 Å². The zero-order chi connectivity index (χ0) is 59.3. The number of anilines is 1. The first-order chi connectivity index (χ1) is 39.6. The predicted octanol–water partition coefficient (Wildman–Crippen LogP) is 4.76. The van der Waals surface area contributed by atoms with Crippen LogP contribution in [0.2, 0.25) is 0 Å². The molecule has 4 aliphatic heterocycles. The minimum atomic E-state index is -5.08. The van der Waals surface area contributed by atoms with Gasteiger partial charge < -0.3 is 41.3 Å². The van der Waals surface area contributed by atoms with Gasteiger partial charge in [0.1, 0.15) is 30.2 Å². The first kappa shape index (κ1) is 59.3. The smallest absolute Gasteiger partial charge is 0.370 e. The van der Waals surface area contributed by atoms with E-state index in [0.717, 1.165) is 23.3 Å². The van der Waals surface area contributed by atoms with E-state index in [4.69, 9.17) is 5.73 Å². The molecule has 0 radical (unpaired) electrons. The number of thiophene rings is 1. The van der Waals surface area contributed by atoms with Crippen LogP contribution in [0.15, 0.2) is 97.1 Å². The Hall–Kier alpha value is -8.35. The molecule has 83 heavy (non-hydrogen) atoms. The summed E-state index contributed by atoms with van der Waals surface area (Å²) in [4.78, 5) is 158. The molecule has 0 bridgehead atoms. The number of hydrogen-bond acceptors (Lipinski definition) is 12. The van der Waals surface area contributed by atoms with Crippen molar-refractivity contribution in [3.05, 3.63) is 135 Å². The van der Waals surface area contributed by atoms with Crippen molar-refractivity contribution in [3.8, 4) is 11.8 Å². The third-order valence-corrected chi connectivity index (χ3v) is 17.4. The van der Waals surface area contributed by atoms with Crippen LogP contribution in [-0.2, 0) is 51.1 Å². The fraction of sp³-hybridized carbons (Fsp3) is 0.367. The number of nitrogens with one attached hydrogen (secondary N) is 4. The molecule has 0 spiro atoms. The SMILES string of the molecule is CC(C)C[C@H](NC(=O)c1cc2cc(C(=O)P(=O)(O)O)ccc2s1)C(=O)N1c2ccccc2C[C@H]1C(=O)N[C@@H](CCC(N)=O)C(=O)N[C@H](C(=O)N1CCC(CCC#Cc2cccc3c2CN(C2CCC(=O)NC2=O)C3=O)CC1)c1ccccc1. The monoisotopic (exact) mass is 1170 g/mol. The van der Waals surface area contributed by atoms with Gasteiger partial charge in [-0.1, -0.05) is 80.3 Å². The molecule has 5 aromatic rings. The zero-order valence-corrected chi connectivity index (χ0v) is 47.3. The van der Waals surface area contributed by atoms with Crippen LogP contribution in [0.3, 0.4) is 0 Å². The van der Waals surface area contributed by atoms with Gasteiger partial charge in [0.2, 0.25) is 41.4 Å². The molecule has 8 N–H and O–H groups in total. The van der Waals surface area contributed by atoms with E-state index in [0.29, 0.717) is 70.4 Å². The number of fused-ring (bicyclic) bond motifs is 3. The summed E-state index contributed by atoms with van der Waals surface area (Å²) in [6.07, 6.45) is 2.66. The van der Waals surface area contributed by atoms with Crippen molar-refractivity contribution in [2.24, 2.45) is 17.6 Å². The van der Waals surface area contributed by atoms with E-state index >= 15 is 0 Å². The number of rotatable bonds is 19. The number of nitrogens with zero attached hydrogens (tertiary/aromatic N) is 3. The van der Waals surface area contributed by atoms with Crippen molar-refractivity contribution in [2.75, 3.05) is 18.0 Å². The summed E-state index contributed by atoms with van der Waals surface area (Å²) in [5.74, 6) is 1.57. The highest BCUT2D eigenvalue weighted by Gasteiger charge is 2.44. The molecule has 5 heterocycles. The predicted molar refractivity (Wildman–Crippen MR) is 306 cm³/mol. The van der Waals surface area contributed by atoms with E-state index in [2.05, 4.69) is 33.1 Å². The summed E-state index contributed by atoms with van der Waals surface area (Å²) in [5.41, 5.74) is 7.44. The van der Waals surface area contributed by atoms with Crippen molar-refractivity contribution in [1.29, 1.82) is 0 Å². The number of imide groups is 1. The second-order valence-electron chi connectivity index (χ2n) is 21.7. The number of benzene rings is 4. The van der Waals surface area contributed by atoms with Crippen LogP contribution in [0.1, 0.15) is 130 Å². The van der Waals surface area contributed by atoms with Crippen molar-refractivity contribution in [3.63, 3.8) is 0 Å². The summed E-state index contributed by atoms with van der Waals surface area (Å²) in [6.45, 7) is 4.71. The lowest BCUT2D eigenvalue weighted by Gasteiger charge is -2.35. The van der Waals surface area contributed by atoms with Gasteiger partial charge in [0, 0.05) is 72.4 Å². The van der Waals surface area contributed by atoms with Gasteiger partial charge in [0.25, 0.3) is 17.3 Å². The van der Waals surface area contributed by atoms with Gasteiger partial charge in [-0.2, -0.15) is 0 Å². The number of carbonyl (C=O) groups is 10. The quantitative estimate of drug-likeness (QED) is 0.0334. The topological polar surface area (TPSA) is 312 Å². The lowest BCUT2D eigenvalue weighted by molar-refractivity contribution is -0.139. The molecule has 1 unspecified atom stereocenters. The minimum Gasteiger partial charge on any atom is -0.370 e. The molecule has 9 rings (SSSR count). The van der Waals surface area contributed by atoms with Gasteiger partial charge in [-0.25, -0.2) is 0 Å². The first-order valence-corrected chi connectivity index (χ1v) is 29.9. The molecule has 1 aromatic heterocycles. The minimum absolute atomic E-state index is 0.0316. The molecule has 4 aromatic carbocycles. The van der Waals surface area contributed by atoms with Crippen molar-refractivity contribution >= 4 is 93.4 Å². The summed E-state index contributed by atoms with van der Waals surface area (Å²) >= 11 is 1.04. The number of piperidine rings is 2. The number of likely N-dealkylation sites (tertiary alicyclic amines) is 1. The molecule has 5 atom stereocenters. The second-order valence-corrected chi connectivity index (χ2v) is 24.3. The Balaban J connectivity index is 0.857. The Morgan fingerprint density at radius 3 is 2.29 bits per heavy atom. The van der Waals surface area contributed by atoms with Crippen molar-refractivity contribution in [1.82, 2.24) is 31.1 Å². The normalized spacial score (nSPS) is 18.1. The van der Waals surface area contributed by atoms with Gasteiger partial charge in [-0.05, 0) is 115 Å². The second kappa shape index (κ2) is 25.4. The third kappa shape index (κ3) is 13.6. The molecule has 2 fully saturated rings. The van der Waals surface area contributed by atoms with Gasteiger partial charge in [-0.15, -0.1) is 11.3 Å². The maximum absolute atomic E-state index is 14.9. The van der Waals surface area contributed by atoms with Gasteiger partial charge in [-0.3, -0.25) is 62.7 Å². The molecule has 2 saturated heterocycles. The van der Waals surface area contributed by atoms with E-state index in [9.17, 15) is 62.3 Å². The van der Waals surface area contributed by atoms with Gasteiger partial charge in [0.05, 0.1) is 4.88 Å². The van der Waals surface area contributed by atoms with Crippen LogP contribution < -0.4 is 31.9 Å². The highest BCUT2D eigenvalue weighted by Crippen LogP contribution is 2.40. The van der Waals surface area contributed by atoms with Crippen LogP contribution in [0.5, 0.6) is 0 Å².